The minimum atomic E-state index is -0.499. The minimum absolute atomic E-state index is 0.00255. The van der Waals surface area contributed by atoms with Gasteiger partial charge in [0.25, 0.3) is 11.8 Å². The van der Waals surface area contributed by atoms with E-state index in [4.69, 9.17) is 9.47 Å². The topological polar surface area (TPSA) is 106 Å². The molecule has 3 rings (SSSR count). The number of carbonyl (C=O) groups is 3. The highest BCUT2D eigenvalue weighted by molar-refractivity contribution is 6.14. The molecular weight excluding hydrogens is 374 g/mol. The largest absolute Gasteiger partial charge is 0.496 e. The van der Waals surface area contributed by atoms with E-state index in [9.17, 15) is 14.4 Å². The molecule has 2 amide bonds. The van der Waals surface area contributed by atoms with Crippen molar-refractivity contribution in [3.8, 4) is 5.75 Å². The summed E-state index contributed by atoms with van der Waals surface area (Å²) in [6.45, 7) is 2.18. The van der Waals surface area contributed by atoms with Crippen LogP contribution in [0.4, 0.5) is 0 Å². The summed E-state index contributed by atoms with van der Waals surface area (Å²) in [6, 6.07) is 6.62. The Bertz CT molecular complexity index is 816. The van der Waals surface area contributed by atoms with Crippen molar-refractivity contribution in [1.29, 1.82) is 0 Å². The minimum Gasteiger partial charge on any atom is -0.496 e. The van der Waals surface area contributed by atoms with Crippen LogP contribution in [0.1, 0.15) is 43.0 Å². The van der Waals surface area contributed by atoms with Gasteiger partial charge in [-0.25, -0.2) is 5.43 Å². The van der Waals surface area contributed by atoms with Gasteiger partial charge in [0.2, 0.25) is 0 Å². The van der Waals surface area contributed by atoms with Gasteiger partial charge < -0.3 is 14.8 Å². The first-order valence-electron chi connectivity index (χ1n) is 9.81. The van der Waals surface area contributed by atoms with Crippen LogP contribution in [-0.4, -0.2) is 43.1 Å². The number of rotatable bonds is 7. The van der Waals surface area contributed by atoms with Crippen molar-refractivity contribution in [2.75, 3.05) is 13.2 Å². The molecule has 0 saturated heterocycles. The molecular formula is C21H25N3O5. The number of hydrogen-bond donors (Lipinski definition) is 2. The Kier molecular flexibility index (Phi) is 6.99. The number of amides is 2. The Morgan fingerprint density at radius 3 is 2.76 bits per heavy atom. The average molecular weight is 399 g/mol. The zero-order valence-corrected chi connectivity index (χ0v) is 16.3. The van der Waals surface area contributed by atoms with E-state index in [2.05, 4.69) is 15.8 Å². The second kappa shape index (κ2) is 9.86. The molecule has 1 aromatic carbocycles. The highest BCUT2D eigenvalue weighted by Gasteiger charge is 2.36. The summed E-state index contributed by atoms with van der Waals surface area (Å²) in [7, 11) is 0. The van der Waals surface area contributed by atoms with E-state index in [1.54, 1.807) is 24.3 Å². The Hall–Kier alpha value is -3.16. The van der Waals surface area contributed by atoms with Gasteiger partial charge in [0.1, 0.15) is 11.9 Å². The molecule has 0 spiro atoms. The Balaban J connectivity index is 1.44. The summed E-state index contributed by atoms with van der Waals surface area (Å²) < 4.78 is 10.9. The molecule has 0 radical (unpaired) electrons. The van der Waals surface area contributed by atoms with Crippen LogP contribution >= 0.6 is 0 Å². The third kappa shape index (κ3) is 5.43. The smallest absolute Gasteiger partial charge is 0.259 e. The van der Waals surface area contributed by atoms with Crippen LogP contribution in [0.2, 0.25) is 0 Å². The van der Waals surface area contributed by atoms with Crippen molar-refractivity contribution in [3.63, 3.8) is 0 Å². The van der Waals surface area contributed by atoms with Crippen LogP contribution in [0, 0.1) is 5.92 Å². The molecule has 1 fully saturated rings. The Labute approximate surface area is 169 Å². The van der Waals surface area contributed by atoms with Gasteiger partial charge in [-0.1, -0.05) is 6.42 Å². The summed E-state index contributed by atoms with van der Waals surface area (Å²) >= 11 is 0. The predicted octanol–water partition coefficient (Wildman–Crippen LogP) is 1.96. The number of hydrazone groups is 1. The van der Waals surface area contributed by atoms with Crippen LogP contribution in [-0.2, 0) is 14.3 Å². The van der Waals surface area contributed by atoms with Gasteiger partial charge in [-0.3, -0.25) is 14.4 Å². The molecule has 0 bridgehead atoms. The van der Waals surface area contributed by atoms with E-state index in [-0.39, 0.29) is 30.3 Å². The number of Topliss-reactive ketones (excluding diaryl/α,β-unsaturated/α-hetero) is 1. The van der Waals surface area contributed by atoms with E-state index in [1.165, 1.54) is 12.5 Å². The number of ketones is 1. The molecule has 1 aliphatic heterocycles. The lowest BCUT2D eigenvalue weighted by molar-refractivity contribution is -0.126. The normalized spacial score (nSPS) is 21.0. The van der Waals surface area contributed by atoms with Gasteiger partial charge in [0, 0.05) is 5.56 Å². The fourth-order valence-corrected chi connectivity index (χ4v) is 3.43. The third-order valence-corrected chi connectivity index (χ3v) is 4.92. The molecule has 1 saturated carbocycles. The fraction of sp³-hybridized carbons (Fsp3) is 0.429. The van der Waals surface area contributed by atoms with Crippen molar-refractivity contribution in [1.82, 2.24) is 10.7 Å². The molecule has 1 aromatic rings. The average Bonchev–Trinajstić information content (AvgIpc) is 2.74. The van der Waals surface area contributed by atoms with Crippen LogP contribution < -0.4 is 15.5 Å². The number of ether oxygens (including phenoxy) is 2. The van der Waals surface area contributed by atoms with Crippen molar-refractivity contribution >= 4 is 23.8 Å². The molecule has 154 valence electrons. The Morgan fingerprint density at radius 1 is 1.24 bits per heavy atom. The van der Waals surface area contributed by atoms with Crippen LogP contribution in [0.3, 0.4) is 0 Å². The molecule has 8 nitrogen and oxygen atoms in total. The van der Waals surface area contributed by atoms with E-state index in [1.807, 2.05) is 6.92 Å². The molecule has 8 heteroatoms. The predicted molar refractivity (Wildman–Crippen MR) is 106 cm³/mol. The monoisotopic (exact) mass is 399 g/mol. The lowest BCUT2D eigenvalue weighted by Crippen LogP contribution is -2.37. The molecule has 2 aliphatic rings. The summed E-state index contributed by atoms with van der Waals surface area (Å²) in [4.78, 5) is 36.4. The maximum Gasteiger partial charge on any atom is 0.259 e. The summed E-state index contributed by atoms with van der Waals surface area (Å²) in [5, 5.41) is 6.32. The highest BCUT2D eigenvalue weighted by atomic mass is 16.5. The molecule has 2 atom stereocenters. The third-order valence-electron chi connectivity index (χ3n) is 4.92. The van der Waals surface area contributed by atoms with E-state index < -0.39 is 5.91 Å². The number of hydrogen-bond acceptors (Lipinski definition) is 6. The number of nitrogens with zero attached hydrogens (tertiary/aromatic N) is 1. The first-order valence-corrected chi connectivity index (χ1v) is 9.81. The molecule has 2 N–H and O–H groups in total. The van der Waals surface area contributed by atoms with Crippen LogP contribution in [0.5, 0.6) is 5.75 Å². The quantitative estimate of drug-likeness (QED) is 0.539. The van der Waals surface area contributed by atoms with E-state index in [0.29, 0.717) is 23.5 Å². The maximum absolute atomic E-state index is 12.5. The van der Waals surface area contributed by atoms with Crippen LogP contribution in [0.25, 0.3) is 0 Å². The van der Waals surface area contributed by atoms with Crippen molar-refractivity contribution < 1.29 is 23.9 Å². The molecule has 1 aliphatic carbocycles. The Morgan fingerprint density at radius 2 is 2.00 bits per heavy atom. The van der Waals surface area contributed by atoms with E-state index in [0.717, 1.165) is 25.7 Å². The first kappa shape index (κ1) is 20.6. The first-order chi connectivity index (χ1) is 14.1. The fourth-order valence-electron chi connectivity index (χ4n) is 3.43. The number of fused-ring (bicyclic) bond motifs is 1. The second-order valence-corrected chi connectivity index (χ2v) is 6.94. The van der Waals surface area contributed by atoms with Gasteiger partial charge in [-0.15, -0.1) is 0 Å². The zero-order valence-electron chi connectivity index (χ0n) is 16.3. The zero-order chi connectivity index (χ0) is 20.6. The number of allylic oxidation sites excluding steroid dienone is 1. The van der Waals surface area contributed by atoms with Crippen molar-refractivity contribution in [3.05, 3.63) is 41.7 Å². The molecule has 29 heavy (non-hydrogen) atoms. The van der Waals surface area contributed by atoms with Gasteiger partial charge in [0.05, 0.1) is 37.1 Å². The van der Waals surface area contributed by atoms with Gasteiger partial charge in [-0.05, 0) is 50.5 Å². The number of nitrogens with one attached hydrogen (secondary N) is 2. The molecule has 1 heterocycles. The molecule has 0 aromatic heterocycles. The number of benzene rings is 1. The molecule has 2 unspecified atom stereocenters. The summed E-state index contributed by atoms with van der Waals surface area (Å²) in [5.41, 5.74) is 3.06. The summed E-state index contributed by atoms with van der Waals surface area (Å²) in [5.74, 6) is -0.330. The number of carbonyl (C=O) groups excluding carboxylic acids is 3. The highest BCUT2D eigenvalue weighted by Crippen LogP contribution is 2.32. The summed E-state index contributed by atoms with van der Waals surface area (Å²) in [6.07, 6.45) is 6.47. The maximum atomic E-state index is 12.5. The standard InChI is InChI=1S/C21H25N3O5/c1-2-28-16-9-7-14(8-10-16)21(27)22-12-19(25)24-23-11-15-13-29-18-6-4-3-5-17(18)20(15)26/h7-11,13,17-18H,2-6,12H2,1H3,(H,22,27)(H,24,25)/b23-11+. The van der Waals surface area contributed by atoms with Crippen molar-refractivity contribution in [2.45, 2.75) is 38.7 Å². The lowest BCUT2D eigenvalue weighted by atomic mass is 9.80. The van der Waals surface area contributed by atoms with Gasteiger partial charge >= 0.3 is 0 Å². The second-order valence-electron chi connectivity index (χ2n) is 6.94. The van der Waals surface area contributed by atoms with Crippen LogP contribution in [0.15, 0.2) is 41.2 Å². The SMILES string of the molecule is CCOc1ccc(C(=O)NCC(=O)N/N=C/C2=COC3CCCCC3C2=O)cc1. The van der Waals surface area contributed by atoms with Gasteiger partial charge in [0.15, 0.2) is 5.78 Å². The van der Waals surface area contributed by atoms with Crippen molar-refractivity contribution in [2.24, 2.45) is 11.0 Å². The van der Waals surface area contributed by atoms with E-state index >= 15 is 0 Å². The van der Waals surface area contributed by atoms with Gasteiger partial charge in [-0.2, -0.15) is 5.10 Å². The lowest BCUT2D eigenvalue weighted by Gasteiger charge is -2.33.